The van der Waals surface area contributed by atoms with E-state index in [4.69, 9.17) is 4.74 Å². The van der Waals surface area contributed by atoms with Crippen LogP contribution in [0.1, 0.15) is 12.5 Å². The van der Waals surface area contributed by atoms with Gasteiger partial charge in [0, 0.05) is 6.26 Å². The first kappa shape index (κ1) is 17.0. The maximum atomic E-state index is 12.1. The van der Waals surface area contributed by atoms with Gasteiger partial charge in [-0.05, 0) is 36.8 Å². The molecule has 23 heavy (non-hydrogen) atoms. The summed E-state index contributed by atoms with van der Waals surface area (Å²) in [6, 6.07) is 13.5. The van der Waals surface area contributed by atoms with Crippen LogP contribution in [0.4, 0.5) is 5.69 Å². The van der Waals surface area contributed by atoms with E-state index in [1.54, 1.807) is 24.3 Å². The van der Waals surface area contributed by atoms with Gasteiger partial charge in [0.2, 0.25) is 5.91 Å². The summed E-state index contributed by atoms with van der Waals surface area (Å²) < 4.78 is 28.3. The van der Waals surface area contributed by atoms with Crippen molar-refractivity contribution in [2.75, 3.05) is 18.2 Å². The van der Waals surface area contributed by atoms with Crippen molar-refractivity contribution in [1.82, 2.24) is 0 Å². The van der Waals surface area contributed by atoms with Crippen LogP contribution in [0.25, 0.3) is 0 Å². The third-order valence-electron chi connectivity index (χ3n) is 3.18. The minimum Gasteiger partial charge on any atom is -0.492 e. The minimum absolute atomic E-state index is 0.157. The molecule has 0 atom stereocenters. The Hall–Kier alpha value is -2.34. The molecule has 0 saturated carbocycles. The van der Waals surface area contributed by atoms with E-state index < -0.39 is 9.84 Å². The van der Waals surface area contributed by atoms with E-state index >= 15 is 0 Å². The standard InChI is InChI=1S/C17H19NO4S/c1-3-22-16-7-5-4-6-15(16)18-17(19)12-13-8-10-14(11-9-13)23(2,20)21/h4-11H,3,12H2,1-2H3,(H,18,19). The Bertz CT molecular complexity index is 782. The lowest BCUT2D eigenvalue weighted by Crippen LogP contribution is -2.15. The van der Waals surface area contributed by atoms with Gasteiger partial charge in [-0.1, -0.05) is 24.3 Å². The minimum atomic E-state index is -3.23. The van der Waals surface area contributed by atoms with Crippen molar-refractivity contribution in [2.24, 2.45) is 0 Å². The van der Waals surface area contributed by atoms with Crippen molar-refractivity contribution >= 4 is 21.4 Å². The quantitative estimate of drug-likeness (QED) is 0.882. The zero-order chi connectivity index (χ0) is 16.9. The molecule has 2 aromatic carbocycles. The topological polar surface area (TPSA) is 72.5 Å². The number of hydrogen-bond acceptors (Lipinski definition) is 4. The average molecular weight is 333 g/mol. The zero-order valence-corrected chi connectivity index (χ0v) is 13.9. The Morgan fingerprint density at radius 2 is 1.74 bits per heavy atom. The van der Waals surface area contributed by atoms with Crippen molar-refractivity contribution in [2.45, 2.75) is 18.2 Å². The summed E-state index contributed by atoms with van der Waals surface area (Å²) in [4.78, 5) is 12.4. The van der Waals surface area contributed by atoms with Crippen LogP contribution in [0.15, 0.2) is 53.4 Å². The predicted octanol–water partition coefficient (Wildman–Crippen LogP) is 2.67. The number of carbonyl (C=O) groups is 1. The molecule has 0 aliphatic heterocycles. The summed E-state index contributed by atoms with van der Waals surface area (Å²) >= 11 is 0. The molecular formula is C17H19NO4S. The molecule has 0 aliphatic carbocycles. The van der Waals surface area contributed by atoms with Gasteiger partial charge in [-0.15, -0.1) is 0 Å². The van der Waals surface area contributed by atoms with Gasteiger partial charge in [0.05, 0.1) is 23.6 Å². The highest BCUT2D eigenvalue weighted by Gasteiger charge is 2.10. The number of benzene rings is 2. The molecule has 0 radical (unpaired) electrons. The second-order valence-electron chi connectivity index (χ2n) is 5.07. The summed E-state index contributed by atoms with van der Waals surface area (Å²) in [6.07, 6.45) is 1.31. The smallest absolute Gasteiger partial charge is 0.228 e. The van der Waals surface area contributed by atoms with Crippen molar-refractivity contribution in [3.8, 4) is 5.75 Å². The van der Waals surface area contributed by atoms with E-state index in [0.717, 1.165) is 11.8 Å². The molecule has 122 valence electrons. The molecule has 6 heteroatoms. The fourth-order valence-electron chi connectivity index (χ4n) is 2.09. The number of nitrogens with one attached hydrogen (secondary N) is 1. The number of carbonyl (C=O) groups excluding carboxylic acids is 1. The molecule has 0 bridgehead atoms. The SMILES string of the molecule is CCOc1ccccc1NC(=O)Cc1ccc(S(C)(=O)=O)cc1. The highest BCUT2D eigenvalue weighted by atomic mass is 32.2. The summed E-state index contributed by atoms with van der Waals surface area (Å²) in [5.74, 6) is 0.431. The largest absolute Gasteiger partial charge is 0.492 e. The molecule has 0 heterocycles. The third-order valence-corrected chi connectivity index (χ3v) is 4.31. The van der Waals surface area contributed by atoms with Crippen LogP contribution in [0.2, 0.25) is 0 Å². The zero-order valence-electron chi connectivity index (χ0n) is 13.1. The normalized spacial score (nSPS) is 11.0. The van der Waals surface area contributed by atoms with Crippen LogP contribution >= 0.6 is 0 Å². The number of hydrogen-bond donors (Lipinski definition) is 1. The Morgan fingerprint density at radius 3 is 2.35 bits per heavy atom. The first-order valence-corrected chi connectivity index (χ1v) is 9.10. The third kappa shape index (κ3) is 4.82. The lowest BCUT2D eigenvalue weighted by molar-refractivity contribution is -0.115. The highest BCUT2D eigenvalue weighted by Crippen LogP contribution is 2.23. The number of sulfone groups is 1. The molecule has 1 amide bonds. The van der Waals surface area contributed by atoms with Gasteiger partial charge < -0.3 is 10.1 Å². The summed E-state index contributed by atoms with van der Waals surface area (Å²) in [6.45, 7) is 2.39. The van der Waals surface area contributed by atoms with E-state index in [1.165, 1.54) is 12.1 Å². The molecule has 2 aromatic rings. The van der Waals surface area contributed by atoms with Gasteiger partial charge >= 0.3 is 0 Å². The second kappa shape index (κ2) is 7.28. The molecule has 1 N–H and O–H groups in total. The average Bonchev–Trinajstić information content (AvgIpc) is 2.49. The monoisotopic (exact) mass is 333 g/mol. The van der Waals surface area contributed by atoms with Crippen molar-refractivity contribution < 1.29 is 17.9 Å². The molecule has 0 unspecified atom stereocenters. The van der Waals surface area contributed by atoms with Crippen LogP contribution in [0.3, 0.4) is 0 Å². The Morgan fingerprint density at radius 1 is 1.09 bits per heavy atom. The first-order chi connectivity index (χ1) is 10.9. The van der Waals surface area contributed by atoms with Gasteiger partial charge in [-0.2, -0.15) is 0 Å². The van der Waals surface area contributed by atoms with E-state index in [9.17, 15) is 13.2 Å². The maximum Gasteiger partial charge on any atom is 0.228 e. The van der Waals surface area contributed by atoms with Crippen molar-refractivity contribution in [3.05, 3.63) is 54.1 Å². The van der Waals surface area contributed by atoms with Crippen LogP contribution in [0, 0.1) is 0 Å². The van der Waals surface area contributed by atoms with Crippen LogP contribution in [0.5, 0.6) is 5.75 Å². The Labute approximate surface area is 136 Å². The fourth-order valence-corrected chi connectivity index (χ4v) is 2.72. The molecular weight excluding hydrogens is 314 g/mol. The van der Waals surface area contributed by atoms with E-state index in [2.05, 4.69) is 5.32 Å². The first-order valence-electron chi connectivity index (χ1n) is 7.21. The van der Waals surface area contributed by atoms with E-state index in [1.807, 2.05) is 19.1 Å². The summed E-state index contributed by atoms with van der Waals surface area (Å²) in [7, 11) is -3.23. The molecule has 5 nitrogen and oxygen atoms in total. The van der Waals surface area contributed by atoms with Gasteiger partial charge in [-0.3, -0.25) is 4.79 Å². The molecule has 0 fully saturated rings. The van der Waals surface area contributed by atoms with Gasteiger partial charge in [0.1, 0.15) is 5.75 Å². The number of para-hydroxylation sites is 2. The van der Waals surface area contributed by atoms with Gasteiger partial charge in [-0.25, -0.2) is 8.42 Å². The van der Waals surface area contributed by atoms with E-state index in [-0.39, 0.29) is 17.2 Å². The Balaban J connectivity index is 2.05. The predicted molar refractivity (Wildman–Crippen MR) is 89.5 cm³/mol. The number of anilines is 1. The van der Waals surface area contributed by atoms with Crippen molar-refractivity contribution in [1.29, 1.82) is 0 Å². The van der Waals surface area contributed by atoms with Crippen LogP contribution in [-0.2, 0) is 21.1 Å². The Kier molecular flexibility index (Phi) is 5.39. The molecule has 0 aromatic heterocycles. The van der Waals surface area contributed by atoms with Gasteiger partial charge in [0.15, 0.2) is 9.84 Å². The maximum absolute atomic E-state index is 12.1. The number of amides is 1. The molecule has 2 rings (SSSR count). The molecule has 0 saturated heterocycles. The fraction of sp³-hybridized carbons (Fsp3) is 0.235. The van der Waals surface area contributed by atoms with Gasteiger partial charge in [0.25, 0.3) is 0 Å². The van der Waals surface area contributed by atoms with Crippen LogP contribution < -0.4 is 10.1 Å². The lowest BCUT2D eigenvalue weighted by Gasteiger charge is -2.11. The summed E-state index contributed by atoms with van der Waals surface area (Å²) in [5, 5.41) is 2.81. The highest BCUT2D eigenvalue weighted by molar-refractivity contribution is 7.90. The lowest BCUT2D eigenvalue weighted by atomic mass is 10.1. The van der Waals surface area contributed by atoms with Crippen molar-refractivity contribution in [3.63, 3.8) is 0 Å². The van der Waals surface area contributed by atoms with Crippen LogP contribution in [-0.4, -0.2) is 27.2 Å². The van der Waals surface area contributed by atoms with E-state index in [0.29, 0.717) is 18.0 Å². The summed E-state index contributed by atoms with van der Waals surface area (Å²) in [5.41, 5.74) is 1.36. The molecule has 0 spiro atoms. The number of rotatable bonds is 6. The number of ether oxygens (including phenoxy) is 1. The molecule has 0 aliphatic rings. The second-order valence-corrected chi connectivity index (χ2v) is 7.09.